The number of halogens is 6. The number of carbonyl (C=O) groups is 3. The number of amides is 1. The van der Waals surface area contributed by atoms with Crippen LogP contribution in [0.1, 0.15) is 80.4 Å². The third kappa shape index (κ3) is 12.5. The highest BCUT2D eigenvalue weighted by atomic mass is 19.4. The Hall–Kier alpha value is -4.38. The molecule has 12 nitrogen and oxygen atoms in total. The predicted molar refractivity (Wildman–Crippen MR) is 155 cm³/mol. The molecule has 1 amide bonds. The van der Waals surface area contributed by atoms with Crippen LogP contribution < -0.4 is 21.7 Å². The molecule has 256 valence electrons. The summed E-state index contributed by atoms with van der Waals surface area (Å²) < 4.78 is 63.5. The zero-order chi connectivity index (χ0) is 34.7. The summed E-state index contributed by atoms with van der Waals surface area (Å²) in [6.45, 7) is 2.04. The first-order valence-corrected chi connectivity index (χ1v) is 14.4. The lowest BCUT2D eigenvalue weighted by Gasteiger charge is -2.33. The quantitative estimate of drug-likeness (QED) is 0.1000. The van der Waals surface area contributed by atoms with Gasteiger partial charge in [0.25, 0.3) is 5.91 Å². The number of aryl methyl sites for hydroxylation is 1. The minimum Gasteiger partial charge on any atom is -0.475 e. The molecule has 1 heterocycles. The van der Waals surface area contributed by atoms with Crippen LogP contribution in [0, 0.1) is 12.3 Å². The molecule has 2 atom stereocenters. The highest BCUT2D eigenvalue weighted by molar-refractivity contribution is 5.96. The van der Waals surface area contributed by atoms with Crippen molar-refractivity contribution in [3.05, 3.63) is 29.6 Å². The Morgan fingerprint density at radius 1 is 0.826 bits per heavy atom. The second-order valence-corrected chi connectivity index (χ2v) is 10.9. The van der Waals surface area contributed by atoms with Gasteiger partial charge in [0.05, 0.1) is 5.52 Å². The predicted octanol–water partition coefficient (Wildman–Crippen LogP) is 4.86. The fourth-order valence-electron chi connectivity index (χ4n) is 4.98. The van der Waals surface area contributed by atoms with Crippen molar-refractivity contribution in [1.29, 1.82) is 5.41 Å². The van der Waals surface area contributed by atoms with Gasteiger partial charge in [-0.1, -0.05) is 50.2 Å². The molecule has 18 heteroatoms. The first-order chi connectivity index (χ1) is 21.4. The van der Waals surface area contributed by atoms with Crippen LogP contribution >= 0.6 is 0 Å². The van der Waals surface area contributed by atoms with Crippen LogP contribution in [0.25, 0.3) is 10.9 Å². The Kier molecular flexibility index (Phi) is 13.8. The molecule has 2 unspecified atom stereocenters. The number of anilines is 1. The highest BCUT2D eigenvalue weighted by Gasteiger charge is 2.39. The summed E-state index contributed by atoms with van der Waals surface area (Å²) in [5.41, 5.74) is 7.49. The number of carbonyl (C=O) groups excluding carboxylic acids is 1. The number of guanidine groups is 1. The number of benzene rings is 1. The van der Waals surface area contributed by atoms with Gasteiger partial charge in [-0.2, -0.15) is 26.3 Å². The lowest BCUT2D eigenvalue weighted by Crippen LogP contribution is -2.50. The summed E-state index contributed by atoms with van der Waals surface area (Å²) in [5, 5.41) is 32.6. The summed E-state index contributed by atoms with van der Waals surface area (Å²) in [6.07, 6.45) is 0.747. The summed E-state index contributed by atoms with van der Waals surface area (Å²) >= 11 is 0. The number of hydrogen-bond acceptors (Lipinski definition) is 7. The number of nitrogens with zero attached hydrogens (tertiary/aromatic N) is 2. The summed E-state index contributed by atoms with van der Waals surface area (Å²) in [5.74, 6) is -4.85. The van der Waals surface area contributed by atoms with E-state index in [1.165, 1.54) is 12.8 Å². The van der Waals surface area contributed by atoms with Crippen molar-refractivity contribution in [1.82, 2.24) is 20.6 Å². The third-order valence-corrected chi connectivity index (χ3v) is 7.16. The molecule has 4 rings (SSSR count). The molecular weight excluding hydrogens is 628 g/mol. The number of carboxylic acid groups (broad SMARTS) is 2. The van der Waals surface area contributed by atoms with Crippen LogP contribution in [0.5, 0.6) is 0 Å². The largest absolute Gasteiger partial charge is 0.490 e. The van der Waals surface area contributed by atoms with Crippen molar-refractivity contribution in [3.63, 3.8) is 0 Å². The summed E-state index contributed by atoms with van der Waals surface area (Å²) in [4.78, 5) is 40.1. The molecule has 0 bridgehead atoms. The van der Waals surface area contributed by atoms with Crippen LogP contribution in [-0.4, -0.2) is 74.5 Å². The van der Waals surface area contributed by atoms with Crippen LogP contribution in [0.15, 0.2) is 18.2 Å². The van der Waals surface area contributed by atoms with Crippen LogP contribution in [-0.2, 0) is 9.59 Å². The van der Waals surface area contributed by atoms with Gasteiger partial charge in [0.1, 0.15) is 5.82 Å². The molecule has 0 radical (unpaired) electrons. The van der Waals surface area contributed by atoms with E-state index in [9.17, 15) is 31.1 Å². The first-order valence-electron chi connectivity index (χ1n) is 14.4. The Morgan fingerprint density at radius 3 is 1.83 bits per heavy atom. The zero-order valence-corrected chi connectivity index (χ0v) is 24.9. The van der Waals surface area contributed by atoms with Gasteiger partial charge in [0.2, 0.25) is 5.82 Å². The third-order valence-electron chi connectivity index (χ3n) is 7.16. The average Bonchev–Trinajstić information content (AvgIpc) is 3.22. The first kappa shape index (κ1) is 37.8. The molecule has 2 aliphatic rings. The monoisotopic (exact) mass is 665 g/mol. The maximum atomic E-state index is 13.1. The number of aliphatic carboxylic acids is 2. The fraction of sp³-hybridized carbons (Fsp3) is 0.571. The number of fused-ring (bicyclic) bond motifs is 1. The van der Waals surface area contributed by atoms with E-state index in [2.05, 4.69) is 27.0 Å². The second kappa shape index (κ2) is 16.8. The molecule has 2 fully saturated rings. The number of carboxylic acids is 2. The number of alkyl halides is 6. The standard InChI is InChI=1S/C24H35N7O.2C2HF3O2/c1-15-12-13-18-17(14-15)21(29-19-10-6-7-11-20(19)30-24(25)26)31-22(28-18)23(32)27-16-8-4-2-3-5-9-16;2*3-2(4,5)1(6)7/h12-14,16,19-20H,2-11H2,1H3,(H,27,32)(H4,25,26,30)(H,28,29,31);2*(H,6,7). The summed E-state index contributed by atoms with van der Waals surface area (Å²) in [7, 11) is 0. The molecular formula is C28H37F6N7O5. The molecule has 1 aromatic carbocycles. The van der Waals surface area contributed by atoms with Gasteiger partial charge < -0.3 is 31.9 Å². The lowest BCUT2D eigenvalue weighted by atomic mass is 9.90. The molecule has 2 aromatic rings. The summed E-state index contributed by atoms with van der Waals surface area (Å²) in [6, 6.07) is 6.34. The van der Waals surface area contributed by atoms with Crippen molar-refractivity contribution in [2.24, 2.45) is 5.73 Å². The highest BCUT2D eigenvalue weighted by Crippen LogP contribution is 2.27. The molecule has 0 saturated heterocycles. The number of nitrogens with one attached hydrogen (secondary N) is 4. The van der Waals surface area contributed by atoms with Crippen molar-refractivity contribution in [3.8, 4) is 0 Å². The Bertz CT molecular complexity index is 1340. The van der Waals surface area contributed by atoms with Crippen LogP contribution in [0.2, 0.25) is 0 Å². The fourth-order valence-corrected chi connectivity index (χ4v) is 4.98. The second-order valence-electron chi connectivity index (χ2n) is 10.9. The Labute approximate surface area is 260 Å². The number of nitrogens with two attached hydrogens (primary N) is 1. The number of hydrogen-bond donors (Lipinski definition) is 7. The van der Waals surface area contributed by atoms with Crippen molar-refractivity contribution < 1.29 is 50.9 Å². The topological polar surface area (TPSA) is 203 Å². The molecule has 46 heavy (non-hydrogen) atoms. The van der Waals surface area contributed by atoms with E-state index in [0.29, 0.717) is 5.82 Å². The molecule has 0 aliphatic heterocycles. The maximum Gasteiger partial charge on any atom is 0.490 e. The molecule has 0 spiro atoms. The lowest BCUT2D eigenvalue weighted by molar-refractivity contribution is -0.193. The van der Waals surface area contributed by atoms with Gasteiger partial charge >= 0.3 is 24.3 Å². The van der Waals surface area contributed by atoms with Gasteiger partial charge in [-0.05, 0) is 44.7 Å². The van der Waals surface area contributed by atoms with E-state index >= 15 is 0 Å². The SMILES string of the molecule is Cc1ccc2nc(C(=O)NC3CCCCCC3)nc(NC3CCCCC3NC(=N)N)c2c1.O=C(O)C(F)(F)F.O=C(O)C(F)(F)F. The van der Waals surface area contributed by atoms with Crippen molar-refractivity contribution in [2.75, 3.05) is 5.32 Å². The van der Waals surface area contributed by atoms with Gasteiger partial charge in [0, 0.05) is 23.5 Å². The number of aromatic nitrogens is 2. The van der Waals surface area contributed by atoms with Gasteiger partial charge in [-0.3, -0.25) is 10.2 Å². The smallest absolute Gasteiger partial charge is 0.475 e. The molecule has 1 aromatic heterocycles. The van der Waals surface area contributed by atoms with Gasteiger partial charge in [-0.25, -0.2) is 19.6 Å². The Morgan fingerprint density at radius 2 is 1.33 bits per heavy atom. The average molecular weight is 666 g/mol. The maximum absolute atomic E-state index is 13.1. The van der Waals surface area contributed by atoms with Crippen molar-refractivity contribution in [2.45, 2.75) is 102 Å². The minimum absolute atomic E-state index is 0.0180. The Balaban J connectivity index is 0.000000440. The normalized spacial score (nSPS) is 18.8. The van der Waals surface area contributed by atoms with Gasteiger partial charge in [0.15, 0.2) is 5.96 Å². The van der Waals surface area contributed by atoms with E-state index in [4.69, 9.17) is 35.9 Å². The van der Waals surface area contributed by atoms with E-state index in [1.807, 2.05) is 19.1 Å². The van der Waals surface area contributed by atoms with E-state index in [-0.39, 0.29) is 35.8 Å². The number of rotatable bonds is 5. The molecule has 2 saturated carbocycles. The molecule has 8 N–H and O–H groups in total. The van der Waals surface area contributed by atoms with E-state index in [1.54, 1.807) is 0 Å². The van der Waals surface area contributed by atoms with Crippen LogP contribution in [0.3, 0.4) is 0 Å². The van der Waals surface area contributed by atoms with Gasteiger partial charge in [-0.15, -0.1) is 0 Å². The van der Waals surface area contributed by atoms with E-state index in [0.717, 1.165) is 67.8 Å². The van der Waals surface area contributed by atoms with E-state index < -0.39 is 24.3 Å². The molecule has 2 aliphatic carbocycles. The van der Waals surface area contributed by atoms with Crippen molar-refractivity contribution >= 4 is 40.5 Å². The zero-order valence-electron chi connectivity index (χ0n) is 24.9. The minimum atomic E-state index is -5.08. The van der Waals surface area contributed by atoms with Crippen LogP contribution in [0.4, 0.5) is 32.2 Å².